The van der Waals surface area contributed by atoms with Crippen molar-refractivity contribution in [3.63, 3.8) is 0 Å². The molecule has 0 aliphatic rings. The third-order valence-corrected chi connectivity index (χ3v) is 2.33. The van der Waals surface area contributed by atoms with Crippen molar-refractivity contribution in [1.29, 1.82) is 0 Å². The van der Waals surface area contributed by atoms with Crippen molar-refractivity contribution in [2.24, 2.45) is 5.73 Å². The first-order chi connectivity index (χ1) is 5.57. The molecule has 66 valence electrons. The molecular weight excluding hydrogens is 150 g/mol. The van der Waals surface area contributed by atoms with Gasteiger partial charge in [0.2, 0.25) is 0 Å². The molecule has 1 rings (SSSR count). The first-order valence-corrected chi connectivity index (χ1v) is 4.00. The molecule has 3 nitrogen and oxygen atoms in total. The number of hydrogen-bond acceptors (Lipinski definition) is 3. The fourth-order valence-corrected chi connectivity index (χ4v) is 1.32. The molecule has 0 fully saturated rings. The second kappa shape index (κ2) is 3.11. The van der Waals surface area contributed by atoms with Gasteiger partial charge in [0.1, 0.15) is 5.82 Å². The molecule has 0 saturated carbocycles. The summed E-state index contributed by atoms with van der Waals surface area (Å²) in [6.45, 7) is 6.47. The Balaban J connectivity index is 3.40. The summed E-state index contributed by atoms with van der Waals surface area (Å²) in [5.74, 6) is 0.613. The van der Waals surface area contributed by atoms with Crippen molar-refractivity contribution in [2.75, 3.05) is 5.73 Å². The predicted molar refractivity (Wildman–Crippen MR) is 50.8 cm³/mol. The molecule has 0 radical (unpaired) electrons. The van der Waals surface area contributed by atoms with Gasteiger partial charge in [0.15, 0.2) is 0 Å². The number of nitrogens with two attached hydrogens (primary N) is 2. The van der Waals surface area contributed by atoms with Crippen molar-refractivity contribution >= 4 is 5.82 Å². The average molecular weight is 165 g/mol. The molecule has 0 amide bonds. The smallest absolute Gasteiger partial charge is 0.126 e. The Hall–Kier alpha value is -1.09. The first kappa shape index (κ1) is 9.00. The quantitative estimate of drug-likeness (QED) is 0.653. The summed E-state index contributed by atoms with van der Waals surface area (Å²) >= 11 is 0. The Morgan fingerprint density at radius 3 is 2.25 bits per heavy atom. The Morgan fingerprint density at radius 1 is 1.17 bits per heavy atom. The molecule has 1 aromatic rings. The minimum absolute atomic E-state index is 0.534. The Labute approximate surface area is 72.8 Å². The minimum Gasteiger partial charge on any atom is -0.383 e. The molecule has 0 atom stereocenters. The van der Waals surface area contributed by atoms with Crippen LogP contribution < -0.4 is 11.5 Å². The maximum absolute atomic E-state index is 5.69. The van der Waals surface area contributed by atoms with Crippen molar-refractivity contribution in [2.45, 2.75) is 27.3 Å². The van der Waals surface area contributed by atoms with Gasteiger partial charge in [-0.3, -0.25) is 0 Å². The summed E-state index contributed by atoms with van der Waals surface area (Å²) in [7, 11) is 0. The van der Waals surface area contributed by atoms with E-state index in [2.05, 4.69) is 4.98 Å². The van der Waals surface area contributed by atoms with Crippen LogP contribution in [-0.2, 0) is 6.54 Å². The van der Waals surface area contributed by atoms with Crippen LogP contribution in [0, 0.1) is 20.8 Å². The second-order valence-electron chi connectivity index (χ2n) is 3.02. The van der Waals surface area contributed by atoms with E-state index in [1.165, 1.54) is 5.56 Å². The van der Waals surface area contributed by atoms with Gasteiger partial charge < -0.3 is 11.5 Å². The Kier molecular flexibility index (Phi) is 2.33. The lowest BCUT2D eigenvalue weighted by atomic mass is 10.0. The van der Waals surface area contributed by atoms with Gasteiger partial charge in [-0.05, 0) is 37.5 Å². The summed E-state index contributed by atoms with van der Waals surface area (Å²) in [6.07, 6.45) is 0. The lowest BCUT2D eigenvalue weighted by Crippen LogP contribution is -2.08. The van der Waals surface area contributed by atoms with E-state index in [1.807, 2.05) is 20.8 Å². The van der Waals surface area contributed by atoms with Crippen LogP contribution >= 0.6 is 0 Å². The van der Waals surface area contributed by atoms with Gasteiger partial charge in [0.25, 0.3) is 0 Å². The summed E-state index contributed by atoms with van der Waals surface area (Å²) in [4.78, 5) is 4.20. The van der Waals surface area contributed by atoms with Crippen molar-refractivity contribution in [3.05, 3.63) is 22.4 Å². The normalized spacial score (nSPS) is 10.3. The number of nitrogens with zero attached hydrogens (tertiary/aromatic N) is 1. The lowest BCUT2D eigenvalue weighted by Gasteiger charge is -2.11. The van der Waals surface area contributed by atoms with E-state index < -0.39 is 0 Å². The fourth-order valence-electron chi connectivity index (χ4n) is 1.32. The lowest BCUT2D eigenvalue weighted by molar-refractivity contribution is 0.979. The third kappa shape index (κ3) is 1.28. The molecule has 0 aliphatic carbocycles. The van der Waals surface area contributed by atoms with Crippen molar-refractivity contribution in [1.82, 2.24) is 4.98 Å². The molecule has 0 aliphatic heterocycles. The fraction of sp³-hybridized carbons (Fsp3) is 0.444. The molecule has 0 saturated heterocycles. The Bertz CT molecular complexity index is 305. The Morgan fingerprint density at radius 2 is 1.75 bits per heavy atom. The summed E-state index contributed by atoms with van der Waals surface area (Å²) in [5.41, 5.74) is 15.5. The van der Waals surface area contributed by atoms with Gasteiger partial charge in [0.05, 0.1) is 0 Å². The van der Waals surface area contributed by atoms with Crippen LogP contribution in [0.25, 0.3) is 0 Å². The zero-order valence-electron chi connectivity index (χ0n) is 7.81. The largest absolute Gasteiger partial charge is 0.383 e. The van der Waals surface area contributed by atoms with E-state index >= 15 is 0 Å². The number of aryl methyl sites for hydroxylation is 1. The number of rotatable bonds is 1. The van der Waals surface area contributed by atoms with Crippen LogP contribution in [0.1, 0.15) is 22.4 Å². The molecule has 12 heavy (non-hydrogen) atoms. The maximum Gasteiger partial charge on any atom is 0.126 e. The third-order valence-electron chi connectivity index (χ3n) is 2.33. The molecule has 1 aromatic heterocycles. The average Bonchev–Trinajstić information content (AvgIpc) is 2.01. The van der Waals surface area contributed by atoms with Crippen LogP contribution in [0.2, 0.25) is 0 Å². The topological polar surface area (TPSA) is 64.9 Å². The summed E-state index contributed by atoms with van der Waals surface area (Å²) in [5, 5.41) is 0. The molecule has 0 unspecified atom stereocenters. The van der Waals surface area contributed by atoms with Gasteiger partial charge in [-0.15, -0.1) is 0 Å². The van der Waals surface area contributed by atoms with Gasteiger partial charge in [-0.25, -0.2) is 4.98 Å². The number of pyridine rings is 1. The van der Waals surface area contributed by atoms with E-state index in [0.717, 1.165) is 16.8 Å². The van der Waals surface area contributed by atoms with Crippen molar-refractivity contribution in [3.8, 4) is 0 Å². The van der Waals surface area contributed by atoms with Crippen LogP contribution in [0.5, 0.6) is 0 Å². The van der Waals surface area contributed by atoms with Gasteiger partial charge in [-0.1, -0.05) is 0 Å². The first-order valence-electron chi connectivity index (χ1n) is 4.00. The van der Waals surface area contributed by atoms with Gasteiger partial charge in [0, 0.05) is 12.2 Å². The van der Waals surface area contributed by atoms with Crippen molar-refractivity contribution < 1.29 is 0 Å². The number of hydrogen-bond donors (Lipinski definition) is 2. The molecular formula is C9H15N3. The van der Waals surface area contributed by atoms with E-state index in [1.54, 1.807) is 0 Å². The number of anilines is 1. The highest BCUT2D eigenvalue weighted by Crippen LogP contribution is 2.19. The van der Waals surface area contributed by atoms with E-state index in [9.17, 15) is 0 Å². The monoisotopic (exact) mass is 165 g/mol. The highest BCUT2D eigenvalue weighted by Gasteiger charge is 2.07. The van der Waals surface area contributed by atoms with Crippen LogP contribution in [-0.4, -0.2) is 4.98 Å². The summed E-state index contributed by atoms with van der Waals surface area (Å²) in [6, 6.07) is 0. The molecule has 0 spiro atoms. The predicted octanol–water partition coefficient (Wildman–Crippen LogP) is 1.05. The van der Waals surface area contributed by atoms with Gasteiger partial charge in [-0.2, -0.15) is 0 Å². The SMILES string of the molecule is Cc1nc(N)c(C)c(C)c1CN. The van der Waals surface area contributed by atoms with E-state index in [-0.39, 0.29) is 0 Å². The maximum atomic E-state index is 5.69. The highest BCUT2D eigenvalue weighted by molar-refractivity contribution is 5.48. The second-order valence-corrected chi connectivity index (χ2v) is 3.02. The molecule has 0 bridgehead atoms. The highest BCUT2D eigenvalue weighted by atomic mass is 14.8. The van der Waals surface area contributed by atoms with Crippen LogP contribution in [0.4, 0.5) is 5.82 Å². The minimum atomic E-state index is 0.534. The molecule has 4 N–H and O–H groups in total. The molecule has 1 heterocycles. The number of nitrogen functional groups attached to an aromatic ring is 1. The van der Waals surface area contributed by atoms with Crippen LogP contribution in [0.15, 0.2) is 0 Å². The van der Waals surface area contributed by atoms with E-state index in [4.69, 9.17) is 11.5 Å². The molecule has 0 aromatic carbocycles. The molecule has 3 heteroatoms. The zero-order valence-corrected chi connectivity index (χ0v) is 7.81. The van der Waals surface area contributed by atoms with E-state index in [0.29, 0.717) is 12.4 Å². The van der Waals surface area contributed by atoms with Crippen LogP contribution in [0.3, 0.4) is 0 Å². The zero-order chi connectivity index (χ0) is 9.30. The number of aromatic nitrogens is 1. The summed E-state index contributed by atoms with van der Waals surface area (Å²) < 4.78 is 0. The van der Waals surface area contributed by atoms with Gasteiger partial charge >= 0.3 is 0 Å². The standard InChI is InChI=1S/C9H15N3/c1-5-6(2)9(11)12-7(3)8(5)4-10/h4,10H2,1-3H3,(H2,11,12).